The molecule has 3 rings (SSSR count). The van der Waals surface area contributed by atoms with Gasteiger partial charge in [0.1, 0.15) is 5.75 Å². The van der Waals surface area contributed by atoms with Gasteiger partial charge in [-0.2, -0.15) is 0 Å². The van der Waals surface area contributed by atoms with E-state index in [1.807, 2.05) is 12.1 Å². The summed E-state index contributed by atoms with van der Waals surface area (Å²) in [5.41, 5.74) is 1.88. The van der Waals surface area contributed by atoms with Crippen molar-refractivity contribution in [3.8, 4) is 5.75 Å². The monoisotopic (exact) mass is 232 g/mol. The first-order valence-corrected chi connectivity index (χ1v) is 6.03. The number of hydrogen-bond acceptors (Lipinski definition) is 4. The predicted molar refractivity (Wildman–Crippen MR) is 65.2 cm³/mol. The van der Waals surface area contributed by atoms with E-state index in [0.29, 0.717) is 0 Å². The Morgan fingerprint density at radius 2 is 2.12 bits per heavy atom. The van der Waals surface area contributed by atoms with Crippen molar-refractivity contribution in [3.05, 3.63) is 29.8 Å². The highest BCUT2D eigenvalue weighted by atomic mass is 16.7. The second kappa shape index (κ2) is 4.04. The van der Waals surface area contributed by atoms with Gasteiger partial charge in [0.05, 0.1) is 5.71 Å². The fourth-order valence-corrected chi connectivity index (χ4v) is 2.50. The zero-order valence-electron chi connectivity index (χ0n) is 9.65. The second-order valence-electron chi connectivity index (χ2n) is 4.82. The molecule has 2 aliphatic heterocycles. The lowest BCUT2D eigenvalue weighted by Crippen LogP contribution is -2.45. The van der Waals surface area contributed by atoms with E-state index in [1.165, 1.54) is 0 Å². The molecule has 0 amide bonds. The fraction of sp³-hybridized carbons (Fsp3) is 0.462. The summed E-state index contributed by atoms with van der Waals surface area (Å²) < 4.78 is 0. The first-order valence-electron chi connectivity index (χ1n) is 6.03. The Morgan fingerprint density at radius 3 is 2.82 bits per heavy atom. The molecule has 0 saturated carbocycles. The Bertz CT molecular complexity index is 433. The number of phenolic OH excluding ortho intramolecular Hbond substituents is 1. The number of hydrogen-bond donors (Lipinski definition) is 2. The van der Waals surface area contributed by atoms with Crippen LogP contribution in [-0.4, -0.2) is 29.5 Å². The van der Waals surface area contributed by atoms with Crippen molar-refractivity contribution in [1.29, 1.82) is 0 Å². The minimum absolute atomic E-state index is 0.133. The Hall–Kier alpha value is -1.55. The van der Waals surface area contributed by atoms with Crippen molar-refractivity contribution in [2.75, 3.05) is 13.1 Å². The van der Waals surface area contributed by atoms with Crippen LogP contribution in [0.4, 0.5) is 0 Å². The van der Waals surface area contributed by atoms with E-state index in [9.17, 15) is 5.11 Å². The van der Waals surface area contributed by atoms with Crippen molar-refractivity contribution >= 4 is 5.71 Å². The normalized spacial score (nSPS) is 27.9. The van der Waals surface area contributed by atoms with Crippen LogP contribution in [0, 0.1) is 0 Å². The van der Waals surface area contributed by atoms with E-state index < -0.39 is 0 Å². The Balaban J connectivity index is 1.76. The molecule has 1 aromatic rings. The first-order chi connectivity index (χ1) is 8.27. The van der Waals surface area contributed by atoms with Crippen molar-refractivity contribution in [3.63, 3.8) is 0 Å². The molecule has 1 unspecified atom stereocenters. The SMILES string of the molecule is Oc1ccc(C2=NOC3(CCCNC3)C2)cc1. The average molecular weight is 232 g/mol. The summed E-state index contributed by atoms with van der Waals surface area (Å²) in [5.74, 6) is 0.280. The molecule has 0 aromatic heterocycles. The highest BCUT2D eigenvalue weighted by Crippen LogP contribution is 2.32. The van der Waals surface area contributed by atoms with Crippen LogP contribution in [0.5, 0.6) is 5.75 Å². The number of oxime groups is 1. The number of aromatic hydroxyl groups is 1. The third-order valence-electron chi connectivity index (χ3n) is 3.47. The van der Waals surface area contributed by atoms with Gasteiger partial charge >= 0.3 is 0 Å². The van der Waals surface area contributed by atoms with E-state index in [2.05, 4.69) is 10.5 Å². The van der Waals surface area contributed by atoms with Crippen LogP contribution in [0.1, 0.15) is 24.8 Å². The topological polar surface area (TPSA) is 53.9 Å². The lowest BCUT2D eigenvalue weighted by molar-refractivity contribution is -0.0347. The summed E-state index contributed by atoms with van der Waals surface area (Å²) >= 11 is 0. The van der Waals surface area contributed by atoms with Gasteiger partial charge < -0.3 is 15.3 Å². The average Bonchev–Trinajstić information content (AvgIpc) is 2.75. The molecule has 0 radical (unpaired) electrons. The summed E-state index contributed by atoms with van der Waals surface area (Å²) in [7, 11) is 0. The maximum absolute atomic E-state index is 9.26. The molecule has 2 N–H and O–H groups in total. The smallest absolute Gasteiger partial charge is 0.155 e. The van der Waals surface area contributed by atoms with Crippen LogP contribution in [0.25, 0.3) is 0 Å². The van der Waals surface area contributed by atoms with Crippen molar-refractivity contribution in [2.24, 2.45) is 5.16 Å². The first kappa shape index (κ1) is 10.6. The number of benzene rings is 1. The van der Waals surface area contributed by atoms with Gasteiger partial charge in [0.15, 0.2) is 5.60 Å². The third-order valence-corrected chi connectivity index (χ3v) is 3.47. The van der Waals surface area contributed by atoms with Gasteiger partial charge in [0.25, 0.3) is 0 Å². The molecule has 4 nitrogen and oxygen atoms in total. The third kappa shape index (κ3) is 2.00. The fourth-order valence-electron chi connectivity index (χ4n) is 2.50. The van der Waals surface area contributed by atoms with Gasteiger partial charge in [-0.25, -0.2) is 0 Å². The second-order valence-corrected chi connectivity index (χ2v) is 4.82. The molecule has 0 aliphatic carbocycles. The molecule has 1 saturated heterocycles. The number of nitrogens with one attached hydrogen (secondary N) is 1. The molecular weight excluding hydrogens is 216 g/mol. The molecule has 4 heteroatoms. The predicted octanol–water partition coefficient (Wildman–Crippen LogP) is 1.64. The van der Waals surface area contributed by atoms with E-state index in [1.54, 1.807) is 12.1 Å². The quantitative estimate of drug-likeness (QED) is 0.774. The van der Waals surface area contributed by atoms with Crippen LogP contribution in [-0.2, 0) is 4.84 Å². The zero-order valence-corrected chi connectivity index (χ0v) is 9.65. The highest BCUT2D eigenvalue weighted by molar-refractivity contribution is 6.01. The molecule has 0 bridgehead atoms. The molecule has 2 aliphatic rings. The molecule has 1 fully saturated rings. The van der Waals surface area contributed by atoms with E-state index in [4.69, 9.17) is 4.84 Å². The summed E-state index contributed by atoms with van der Waals surface area (Å²) in [6, 6.07) is 7.13. The maximum Gasteiger partial charge on any atom is 0.155 e. The van der Waals surface area contributed by atoms with E-state index in [-0.39, 0.29) is 11.4 Å². The molecule has 1 aromatic carbocycles. The highest BCUT2D eigenvalue weighted by Gasteiger charge is 2.40. The Labute approximate surface area is 100 Å². The van der Waals surface area contributed by atoms with Crippen LogP contribution in [0.15, 0.2) is 29.4 Å². The van der Waals surface area contributed by atoms with Gasteiger partial charge in [-0.05, 0) is 49.2 Å². The van der Waals surface area contributed by atoms with Gasteiger partial charge in [-0.15, -0.1) is 0 Å². The molecule has 90 valence electrons. The standard InChI is InChI=1S/C13H16N2O2/c16-11-4-2-10(3-5-11)12-8-13(17-15-12)6-1-7-14-9-13/h2-5,14,16H,1,6-9H2. The van der Waals surface area contributed by atoms with Crippen LogP contribution < -0.4 is 5.32 Å². The lowest BCUT2D eigenvalue weighted by Gasteiger charge is -2.31. The largest absolute Gasteiger partial charge is 0.508 e. The number of piperidine rings is 1. The van der Waals surface area contributed by atoms with Gasteiger partial charge in [-0.3, -0.25) is 0 Å². The number of rotatable bonds is 1. The minimum Gasteiger partial charge on any atom is -0.508 e. The molecule has 1 spiro atoms. The lowest BCUT2D eigenvalue weighted by atomic mass is 9.88. The summed E-state index contributed by atoms with van der Waals surface area (Å²) in [6.45, 7) is 1.94. The molecule has 1 atom stereocenters. The van der Waals surface area contributed by atoms with E-state index >= 15 is 0 Å². The molecular formula is C13H16N2O2. The van der Waals surface area contributed by atoms with Gasteiger partial charge in [-0.1, -0.05) is 5.16 Å². The van der Waals surface area contributed by atoms with Crippen LogP contribution >= 0.6 is 0 Å². The Morgan fingerprint density at radius 1 is 1.29 bits per heavy atom. The van der Waals surface area contributed by atoms with Crippen LogP contribution in [0.3, 0.4) is 0 Å². The summed E-state index contributed by atoms with van der Waals surface area (Å²) in [5, 5.41) is 16.8. The van der Waals surface area contributed by atoms with Crippen molar-refractivity contribution < 1.29 is 9.94 Å². The van der Waals surface area contributed by atoms with Crippen LogP contribution in [0.2, 0.25) is 0 Å². The van der Waals surface area contributed by atoms with Crippen molar-refractivity contribution in [1.82, 2.24) is 5.32 Å². The number of phenols is 1. The van der Waals surface area contributed by atoms with Gasteiger partial charge in [0.2, 0.25) is 0 Å². The molecule has 2 heterocycles. The maximum atomic E-state index is 9.26. The number of nitrogens with zero attached hydrogens (tertiary/aromatic N) is 1. The van der Waals surface area contributed by atoms with Gasteiger partial charge in [0, 0.05) is 13.0 Å². The van der Waals surface area contributed by atoms with E-state index in [0.717, 1.165) is 43.6 Å². The Kier molecular flexibility index (Phi) is 2.52. The summed E-state index contributed by atoms with van der Waals surface area (Å²) in [6.07, 6.45) is 3.05. The molecule has 17 heavy (non-hydrogen) atoms. The zero-order chi connectivity index (χ0) is 11.7. The van der Waals surface area contributed by atoms with Crippen molar-refractivity contribution in [2.45, 2.75) is 24.9 Å². The minimum atomic E-state index is -0.133. The summed E-state index contributed by atoms with van der Waals surface area (Å²) in [4.78, 5) is 5.64.